The molecule has 0 bridgehead atoms. The fraction of sp³-hybridized carbons (Fsp3) is 0.167. The van der Waals surface area contributed by atoms with Crippen LogP contribution in [0.1, 0.15) is 30.1 Å². The van der Waals surface area contributed by atoms with Gasteiger partial charge in [-0.1, -0.05) is 36.4 Å². The lowest BCUT2D eigenvalue weighted by Gasteiger charge is -2.21. The third-order valence-corrected chi connectivity index (χ3v) is 5.12. The highest BCUT2D eigenvalue weighted by Crippen LogP contribution is 2.20. The number of aromatic nitrogens is 2. The van der Waals surface area contributed by atoms with E-state index in [2.05, 4.69) is 31.1 Å². The van der Waals surface area contributed by atoms with Gasteiger partial charge in [-0.25, -0.2) is 5.43 Å². The Morgan fingerprint density at radius 2 is 1.94 bits per heavy atom. The van der Waals surface area contributed by atoms with Crippen LogP contribution in [0.2, 0.25) is 0 Å². The van der Waals surface area contributed by atoms with Crippen molar-refractivity contribution in [2.24, 2.45) is 5.10 Å². The Hall–Kier alpha value is -4.40. The van der Waals surface area contributed by atoms with E-state index >= 15 is 0 Å². The Morgan fingerprint density at radius 1 is 1.09 bits per heavy atom. The third kappa shape index (κ3) is 5.85. The first-order chi connectivity index (χ1) is 16.1. The Bertz CT molecular complexity index is 1240. The van der Waals surface area contributed by atoms with Crippen LogP contribution in [0.3, 0.4) is 0 Å². The van der Waals surface area contributed by atoms with Crippen LogP contribution in [0.15, 0.2) is 72.2 Å². The molecule has 3 amide bonds. The van der Waals surface area contributed by atoms with Crippen molar-refractivity contribution in [2.45, 2.75) is 18.9 Å². The molecule has 2 heterocycles. The molecular weight excluding hydrogens is 420 g/mol. The maximum absolute atomic E-state index is 12.8. The van der Waals surface area contributed by atoms with Gasteiger partial charge in [-0.05, 0) is 28.5 Å². The number of fused-ring (bicyclic) bond motifs is 1. The monoisotopic (exact) mass is 442 g/mol. The molecule has 0 saturated heterocycles. The molecule has 4 rings (SSSR count). The lowest BCUT2D eigenvalue weighted by atomic mass is 10.0. The number of hydrogen-bond acceptors (Lipinski definition) is 6. The summed E-state index contributed by atoms with van der Waals surface area (Å²) < 4.78 is 0. The van der Waals surface area contributed by atoms with Crippen molar-refractivity contribution < 1.29 is 14.4 Å². The van der Waals surface area contributed by atoms with Crippen LogP contribution in [0.5, 0.6) is 0 Å². The third-order valence-electron chi connectivity index (χ3n) is 5.12. The molecule has 1 atom stereocenters. The zero-order chi connectivity index (χ0) is 23.0. The van der Waals surface area contributed by atoms with Crippen LogP contribution in [-0.2, 0) is 14.4 Å². The number of nitrogens with one attached hydrogen (secondary N) is 3. The summed E-state index contributed by atoms with van der Waals surface area (Å²) in [5.74, 6) is -0.944. The Labute approximate surface area is 190 Å². The summed E-state index contributed by atoms with van der Waals surface area (Å²) in [5, 5.41) is 11.7. The summed E-state index contributed by atoms with van der Waals surface area (Å²) in [7, 11) is 0. The summed E-state index contributed by atoms with van der Waals surface area (Å²) >= 11 is 0. The Morgan fingerprint density at radius 3 is 2.70 bits per heavy atom. The normalized spacial score (nSPS) is 14.4. The van der Waals surface area contributed by atoms with Crippen LogP contribution in [0, 0.1) is 0 Å². The van der Waals surface area contributed by atoms with Gasteiger partial charge in [0.2, 0.25) is 11.8 Å². The maximum Gasteiger partial charge on any atom is 0.268 e. The molecule has 0 fully saturated rings. The number of carbonyl (C=O) groups is 3. The molecule has 9 heteroatoms. The van der Waals surface area contributed by atoms with E-state index in [-0.39, 0.29) is 36.9 Å². The second-order valence-electron chi connectivity index (χ2n) is 7.43. The molecule has 1 unspecified atom stereocenters. The van der Waals surface area contributed by atoms with E-state index in [1.54, 1.807) is 24.7 Å². The summed E-state index contributed by atoms with van der Waals surface area (Å²) in [6.07, 6.45) is 8.03. The zero-order valence-electron chi connectivity index (χ0n) is 17.7. The molecule has 166 valence electrons. The Kier molecular flexibility index (Phi) is 6.79. The van der Waals surface area contributed by atoms with E-state index in [0.717, 1.165) is 16.3 Å². The second kappa shape index (κ2) is 10.3. The van der Waals surface area contributed by atoms with E-state index in [0.29, 0.717) is 5.69 Å². The summed E-state index contributed by atoms with van der Waals surface area (Å²) in [6, 6.07) is 13.3. The molecule has 1 aromatic heterocycles. The number of benzene rings is 2. The molecule has 33 heavy (non-hydrogen) atoms. The second-order valence-corrected chi connectivity index (χ2v) is 7.43. The molecule has 0 spiro atoms. The number of hydrogen-bond donors (Lipinski definition) is 3. The van der Waals surface area contributed by atoms with Crippen molar-refractivity contribution >= 4 is 40.3 Å². The van der Waals surface area contributed by atoms with Crippen LogP contribution < -0.4 is 16.1 Å². The van der Waals surface area contributed by atoms with Gasteiger partial charge in [-0.3, -0.25) is 24.4 Å². The van der Waals surface area contributed by atoms with Gasteiger partial charge in [0, 0.05) is 37.9 Å². The van der Waals surface area contributed by atoms with Gasteiger partial charge in [0.15, 0.2) is 0 Å². The molecule has 3 N–H and O–H groups in total. The number of nitrogens with zero attached hydrogens (tertiary/aromatic N) is 3. The van der Waals surface area contributed by atoms with Crippen molar-refractivity contribution in [3.05, 3.63) is 78.4 Å². The quantitative estimate of drug-likeness (QED) is 0.482. The first-order valence-electron chi connectivity index (χ1n) is 10.5. The van der Waals surface area contributed by atoms with E-state index in [9.17, 15) is 14.4 Å². The van der Waals surface area contributed by atoms with E-state index in [1.165, 1.54) is 6.08 Å². The van der Waals surface area contributed by atoms with Crippen molar-refractivity contribution in [1.29, 1.82) is 0 Å². The first kappa shape index (κ1) is 21.8. The van der Waals surface area contributed by atoms with Gasteiger partial charge in [-0.15, -0.1) is 0 Å². The molecule has 9 nitrogen and oxygen atoms in total. The van der Waals surface area contributed by atoms with E-state index in [1.807, 2.05) is 42.5 Å². The molecule has 1 aliphatic heterocycles. The minimum Gasteiger partial charge on any atom is -0.350 e. The molecule has 1 aliphatic rings. The average molecular weight is 442 g/mol. The number of rotatable bonds is 7. The highest BCUT2D eigenvalue weighted by molar-refractivity contribution is 6.39. The van der Waals surface area contributed by atoms with Crippen molar-refractivity contribution in [1.82, 2.24) is 26.0 Å². The van der Waals surface area contributed by atoms with Crippen LogP contribution in [0.4, 0.5) is 0 Å². The van der Waals surface area contributed by atoms with Crippen LogP contribution >= 0.6 is 0 Å². The van der Waals surface area contributed by atoms with E-state index in [4.69, 9.17) is 0 Å². The smallest absolute Gasteiger partial charge is 0.268 e. The van der Waals surface area contributed by atoms with Crippen LogP contribution in [-0.4, -0.2) is 39.9 Å². The highest BCUT2D eigenvalue weighted by atomic mass is 16.2. The van der Waals surface area contributed by atoms with Gasteiger partial charge in [-0.2, -0.15) is 5.10 Å². The predicted octanol–water partition coefficient (Wildman–Crippen LogP) is 1.88. The van der Waals surface area contributed by atoms with Gasteiger partial charge in [0.25, 0.3) is 5.91 Å². The topological polar surface area (TPSA) is 125 Å². The number of amides is 3. The molecule has 0 radical (unpaired) electrons. The van der Waals surface area contributed by atoms with Crippen LogP contribution in [0.25, 0.3) is 16.8 Å². The average Bonchev–Trinajstić information content (AvgIpc) is 2.86. The predicted molar refractivity (Wildman–Crippen MR) is 124 cm³/mol. The number of hydrazone groups is 1. The maximum atomic E-state index is 12.8. The standard InChI is InChI=1S/C24H22N6O3/c31-22(9-7-19-14-25-11-12-26-19)27-15-21(28-24(33)20-8-10-23(32)30-29-20)18-6-5-16-3-1-2-4-17(16)13-18/h1-7,9,11-14,21H,8,10,15H2,(H,27,31)(H,28,33)(H,30,32)/b9-7+. The molecule has 2 aromatic carbocycles. The molecule has 0 saturated carbocycles. The van der Waals surface area contributed by atoms with Crippen molar-refractivity contribution in [3.63, 3.8) is 0 Å². The molecular formula is C24H22N6O3. The highest BCUT2D eigenvalue weighted by Gasteiger charge is 2.22. The SMILES string of the molecule is O=C(/C=C/c1cnccn1)NCC(NC(=O)C1=NNC(=O)CC1)c1ccc2ccccc2c1. The van der Waals surface area contributed by atoms with Gasteiger partial charge >= 0.3 is 0 Å². The largest absolute Gasteiger partial charge is 0.350 e. The Balaban J connectivity index is 1.50. The van der Waals surface area contributed by atoms with Crippen molar-refractivity contribution in [3.8, 4) is 0 Å². The van der Waals surface area contributed by atoms with Gasteiger partial charge < -0.3 is 10.6 Å². The summed E-state index contributed by atoms with van der Waals surface area (Å²) in [6.45, 7) is 0.160. The minimum atomic E-state index is -0.503. The van der Waals surface area contributed by atoms with Crippen molar-refractivity contribution in [2.75, 3.05) is 6.54 Å². The molecule has 3 aromatic rings. The number of carbonyl (C=O) groups excluding carboxylic acids is 3. The lowest BCUT2D eigenvalue weighted by molar-refractivity contribution is -0.121. The summed E-state index contributed by atoms with van der Waals surface area (Å²) in [4.78, 5) is 44.5. The van der Waals surface area contributed by atoms with E-state index < -0.39 is 11.9 Å². The summed E-state index contributed by atoms with van der Waals surface area (Å²) in [5.41, 5.74) is 3.97. The fourth-order valence-corrected chi connectivity index (χ4v) is 3.38. The minimum absolute atomic E-state index is 0.160. The first-order valence-corrected chi connectivity index (χ1v) is 10.5. The zero-order valence-corrected chi connectivity index (χ0v) is 17.7. The van der Waals surface area contributed by atoms with Gasteiger partial charge in [0.05, 0.1) is 17.9 Å². The molecule has 0 aliphatic carbocycles. The lowest BCUT2D eigenvalue weighted by Crippen LogP contribution is -2.42. The fourth-order valence-electron chi connectivity index (χ4n) is 3.38. The van der Waals surface area contributed by atoms with Gasteiger partial charge in [0.1, 0.15) is 5.71 Å².